The van der Waals surface area contributed by atoms with E-state index >= 15 is 0 Å². The maximum atomic E-state index is 11.6. The maximum Gasteiger partial charge on any atom is 0.279 e. The zero-order valence-electron chi connectivity index (χ0n) is 11.4. The molecule has 2 atom stereocenters. The third kappa shape index (κ3) is 8.03. The van der Waals surface area contributed by atoms with Gasteiger partial charge in [0, 0.05) is 18.9 Å². The smallest absolute Gasteiger partial charge is 0.279 e. The summed E-state index contributed by atoms with van der Waals surface area (Å²) in [5.74, 6) is -2.32. The summed E-state index contributed by atoms with van der Waals surface area (Å²) in [6, 6.07) is -1.92. The van der Waals surface area contributed by atoms with Crippen molar-refractivity contribution >= 4 is 23.6 Å². The molecule has 0 saturated heterocycles. The van der Waals surface area contributed by atoms with Crippen LogP contribution in [-0.4, -0.2) is 42.2 Å². The lowest BCUT2D eigenvalue weighted by Crippen LogP contribution is -2.69. The number of aliphatic imine (C=N–C) groups is 1. The summed E-state index contributed by atoms with van der Waals surface area (Å²) in [6.07, 6.45) is 0.272. The predicted molar refractivity (Wildman–Crippen MR) is 68.8 cm³/mol. The number of hydrogen-bond donors (Lipinski definition) is 4. The summed E-state index contributed by atoms with van der Waals surface area (Å²) in [7, 11) is 0. The summed E-state index contributed by atoms with van der Waals surface area (Å²) in [5, 5.41) is 12.7. The highest BCUT2D eigenvalue weighted by molar-refractivity contribution is 5.89. The summed E-state index contributed by atoms with van der Waals surface area (Å²) in [5.41, 5.74) is 13.9. The Morgan fingerprint density at radius 1 is 1.35 bits per heavy atom. The minimum Gasteiger partial charge on any atom is -0.550 e. The summed E-state index contributed by atoms with van der Waals surface area (Å²) in [6.45, 7) is 2.05. The number of hydrogen-bond acceptors (Lipinski definition) is 5. The number of aliphatic carboxylic acids is 1. The average molecular weight is 287 g/mol. The molecule has 0 heterocycles. The molecule has 0 saturated carbocycles. The van der Waals surface area contributed by atoms with E-state index in [-0.39, 0.29) is 6.42 Å². The van der Waals surface area contributed by atoms with Crippen LogP contribution in [0.4, 0.5) is 0 Å². The van der Waals surface area contributed by atoms with Gasteiger partial charge in [-0.25, -0.2) is 0 Å². The van der Waals surface area contributed by atoms with Gasteiger partial charge in [0.1, 0.15) is 6.04 Å². The van der Waals surface area contributed by atoms with Crippen molar-refractivity contribution < 1.29 is 25.2 Å². The molecule has 0 spiro atoms. The SMILES string of the molecule is CC(N)=NCCC[C@H](NC(=O)[C@@H]([NH3+])CC(=O)[O-])C(N)=O. The molecular formula is C11H21N5O4. The fraction of sp³-hybridized carbons (Fsp3) is 0.636. The second-order valence-corrected chi connectivity index (χ2v) is 4.40. The Bertz CT molecular complexity index is 392. The van der Waals surface area contributed by atoms with Gasteiger partial charge in [0.05, 0.1) is 5.84 Å². The van der Waals surface area contributed by atoms with Crippen LogP contribution in [0.3, 0.4) is 0 Å². The van der Waals surface area contributed by atoms with Gasteiger partial charge in [0.25, 0.3) is 5.91 Å². The summed E-state index contributed by atoms with van der Waals surface area (Å²) in [4.78, 5) is 37.1. The zero-order chi connectivity index (χ0) is 15.7. The van der Waals surface area contributed by atoms with Gasteiger partial charge in [-0.2, -0.15) is 0 Å². The number of nitrogens with one attached hydrogen (secondary N) is 1. The van der Waals surface area contributed by atoms with Gasteiger partial charge in [-0.15, -0.1) is 0 Å². The number of amides is 2. The number of carboxylic acid groups (broad SMARTS) is 1. The highest BCUT2D eigenvalue weighted by atomic mass is 16.4. The molecule has 9 nitrogen and oxygen atoms in total. The van der Waals surface area contributed by atoms with Gasteiger partial charge in [-0.3, -0.25) is 14.6 Å². The first kappa shape index (κ1) is 17.8. The van der Waals surface area contributed by atoms with E-state index in [1.807, 2.05) is 0 Å². The highest BCUT2D eigenvalue weighted by Crippen LogP contribution is 1.99. The number of quaternary nitrogens is 1. The second kappa shape index (κ2) is 8.86. The number of primary amides is 1. The molecule has 9 heteroatoms. The van der Waals surface area contributed by atoms with E-state index in [4.69, 9.17) is 11.5 Å². The first-order valence-corrected chi connectivity index (χ1v) is 6.13. The van der Waals surface area contributed by atoms with Crippen LogP contribution >= 0.6 is 0 Å². The van der Waals surface area contributed by atoms with Crippen molar-refractivity contribution in [1.82, 2.24) is 5.32 Å². The minimum atomic E-state index is -1.39. The molecule has 0 aliphatic heterocycles. The molecule has 0 aromatic heterocycles. The molecule has 114 valence electrons. The van der Waals surface area contributed by atoms with Crippen LogP contribution < -0.4 is 27.6 Å². The molecule has 0 aromatic rings. The Labute approximate surface area is 116 Å². The Kier molecular flexibility index (Phi) is 7.90. The number of carboxylic acids is 1. The first-order valence-electron chi connectivity index (χ1n) is 6.13. The van der Waals surface area contributed by atoms with E-state index in [0.717, 1.165) is 0 Å². The minimum absolute atomic E-state index is 0.288. The van der Waals surface area contributed by atoms with Gasteiger partial charge < -0.3 is 32.4 Å². The van der Waals surface area contributed by atoms with Crippen molar-refractivity contribution in [3.05, 3.63) is 0 Å². The van der Waals surface area contributed by atoms with Gasteiger partial charge in [-0.05, 0) is 19.8 Å². The van der Waals surface area contributed by atoms with Crippen LogP contribution in [-0.2, 0) is 14.4 Å². The number of rotatable bonds is 9. The highest BCUT2D eigenvalue weighted by Gasteiger charge is 2.23. The Balaban J connectivity index is 4.33. The molecule has 0 aromatic carbocycles. The van der Waals surface area contributed by atoms with Crippen LogP contribution in [0.2, 0.25) is 0 Å². The van der Waals surface area contributed by atoms with Crippen LogP contribution in [0.15, 0.2) is 4.99 Å². The normalized spacial score (nSPS) is 14.4. The quantitative estimate of drug-likeness (QED) is 0.191. The Hall–Kier alpha value is -2.16. The molecule has 20 heavy (non-hydrogen) atoms. The van der Waals surface area contributed by atoms with Crippen LogP contribution in [0.25, 0.3) is 0 Å². The lowest BCUT2D eigenvalue weighted by molar-refractivity contribution is -0.408. The van der Waals surface area contributed by atoms with Crippen LogP contribution in [0.1, 0.15) is 26.2 Å². The van der Waals surface area contributed by atoms with E-state index in [1.165, 1.54) is 0 Å². The molecule has 2 amide bonds. The lowest BCUT2D eigenvalue weighted by atomic mass is 10.1. The molecule has 0 aliphatic rings. The molecule has 0 fully saturated rings. The Morgan fingerprint density at radius 2 is 1.95 bits per heavy atom. The van der Waals surface area contributed by atoms with E-state index in [9.17, 15) is 19.5 Å². The Morgan fingerprint density at radius 3 is 2.40 bits per heavy atom. The van der Waals surface area contributed by atoms with E-state index in [0.29, 0.717) is 18.8 Å². The van der Waals surface area contributed by atoms with Gasteiger partial charge in [-0.1, -0.05) is 0 Å². The molecule has 0 unspecified atom stereocenters. The van der Waals surface area contributed by atoms with E-state index < -0.39 is 36.3 Å². The van der Waals surface area contributed by atoms with Crippen molar-refractivity contribution in [3.63, 3.8) is 0 Å². The third-order valence-corrected chi connectivity index (χ3v) is 2.46. The number of nitrogens with two attached hydrogens (primary N) is 2. The predicted octanol–water partition coefficient (Wildman–Crippen LogP) is -4.14. The summed E-state index contributed by atoms with van der Waals surface area (Å²) < 4.78 is 0. The molecule has 0 rings (SSSR count). The van der Waals surface area contributed by atoms with Crippen molar-refractivity contribution in [2.45, 2.75) is 38.3 Å². The van der Waals surface area contributed by atoms with Crippen LogP contribution in [0.5, 0.6) is 0 Å². The topological polar surface area (TPSA) is 178 Å². The fourth-order valence-electron chi connectivity index (χ4n) is 1.42. The monoisotopic (exact) mass is 287 g/mol. The van der Waals surface area contributed by atoms with Crippen molar-refractivity contribution in [2.75, 3.05) is 6.54 Å². The molecule has 0 aliphatic carbocycles. The zero-order valence-corrected chi connectivity index (χ0v) is 11.4. The second-order valence-electron chi connectivity index (χ2n) is 4.40. The molecule has 0 radical (unpaired) electrons. The molecular weight excluding hydrogens is 266 g/mol. The lowest BCUT2D eigenvalue weighted by Gasteiger charge is -2.17. The number of carbonyl (C=O) groups excluding carboxylic acids is 3. The van der Waals surface area contributed by atoms with Gasteiger partial charge in [0.15, 0.2) is 6.04 Å². The molecule has 8 N–H and O–H groups in total. The van der Waals surface area contributed by atoms with Crippen molar-refractivity contribution in [1.29, 1.82) is 0 Å². The van der Waals surface area contributed by atoms with Gasteiger partial charge >= 0.3 is 0 Å². The molecule has 0 bridgehead atoms. The van der Waals surface area contributed by atoms with Crippen LogP contribution in [0, 0.1) is 0 Å². The fourth-order valence-corrected chi connectivity index (χ4v) is 1.42. The first-order chi connectivity index (χ1) is 9.23. The largest absolute Gasteiger partial charge is 0.550 e. The summed E-state index contributed by atoms with van der Waals surface area (Å²) >= 11 is 0. The maximum absolute atomic E-state index is 11.6. The average Bonchev–Trinajstić information content (AvgIpc) is 2.31. The van der Waals surface area contributed by atoms with E-state index in [2.05, 4.69) is 16.0 Å². The standard InChI is InChI=1S/C11H21N5O4/c1-6(12)15-4-2-3-8(10(14)19)16-11(20)7(13)5-9(17)18/h7-8H,2-5,13H2,1H3,(H2,12,15)(H2,14,19)(H,16,20)(H,17,18)/t7-,8-/m0/s1. The third-order valence-electron chi connectivity index (χ3n) is 2.46. The van der Waals surface area contributed by atoms with Crippen molar-refractivity contribution in [3.8, 4) is 0 Å². The number of nitrogens with zero attached hydrogens (tertiary/aromatic N) is 1. The van der Waals surface area contributed by atoms with Gasteiger partial charge in [0.2, 0.25) is 5.91 Å². The number of carbonyl (C=O) groups is 3. The van der Waals surface area contributed by atoms with E-state index in [1.54, 1.807) is 6.92 Å². The van der Waals surface area contributed by atoms with Crippen molar-refractivity contribution in [2.24, 2.45) is 16.5 Å². The number of amidine groups is 1.